The summed E-state index contributed by atoms with van der Waals surface area (Å²) in [5.41, 5.74) is 2.98. The van der Waals surface area contributed by atoms with Crippen molar-refractivity contribution in [2.24, 2.45) is 11.8 Å². The molecule has 0 saturated heterocycles. The average Bonchev–Trinajstić information content (AvgIpc) is 2.53. The second-order valence-electron chi connectivity index (χ2n) is 4.51. The second-order valence-corrected chi connectivity index (χ2v) is 4.51. The standard InChI is InChI=1S/C12H26N2O/c1-2-15-10-9-12(14-13)11-7-5-3-4-6-8-11/h11-12,14H,2-10,13H2,1H3. The summed E-state index contributed by atoms with van der Waals surface area (Å²) in [6.45, 7) is 3.68. The van der Waals surface area contributed by atoms with E-state index in [1.807, 2.05) is 6.92 Å². The summed E-state index contributed by atoms with van der Waals surface area (Å²) in [5.74, 6) is 6.39. The molecule has 0 aromatic rings. The molecule has 90 valence electrons. The maximum absolute atomic E-state index is 5.63. The third-order valence-electron chi connectivity index (χ3n) is 3.46. The van der Waals surface area contributed by atoms with E-state index in [1.165, 1.54) is 38.5 Å². The normalized spacial score (nSPS) is 21.2. The molecule has 1 aliphatic rings. The molecule has 1 rings (SSSR count). The van der Waals surface area contributed by atoms with Crippen LogP contribution in [-0.4, -0.2) is 19.3 Å². The van der Waals surface area contributed by atoms with E-state index in [9.17, 15) is 0 Å². The highest BCUT2D eigenvalue weighted by Crippen LogP contribution is 2.26. The van der Waals surface area contributed by atoms with E-state index in [0.717, 1.165) is 25.6 Å². The Morgan fingerprint density at radius 3 is 2.47 bits per heavy atom. The lowest BCUT2D eigenvalue weighted by Gasteiger charge is -2.25. The van der Waals surface area contributed by atoms with Crippen molar-refractivity contribution in [1.82, 2.24) is 5.43 Å². The van der Waals surface area contributed by atoms with Crippen LogP contribution in [-0.2, 0) is 4.74 Å². The molecule has 15 heavy (non-hydrogen) atoms. The first-order valence-corrected chi connectivity index (χ1v) is 6.42. The van der Waals surface area contributed by atoms with Crippen molar-refractivity contribution < 1.29 is 4.74 Å². The highest BCUT2D eigenvalue weighted by atomic mass is 16.5. The maximum atomic E-state index is 5.63. The summed E-state index contributed by atoms with van der Waals surface area (Å²) < 4.78 is 5.39. The van der Waals surface area contributed by atoms with E-state index >= 15 is 0 Å². The van der Waals surface area contributed by atoms with E-state index in [-0.39, 0.29) is 0 Å². The van der Waals surface area contributed by atoms with E-state index in [2.05, 4.69) is 5.43 Å². The Bertz CT molecular complexity index is 145. The van der Waals surface area contributed by atoms with Crippen LogP contribution in [0.4, 0.5) is 0 Å². The number of nitrogens with one attached hydrogen (secondary N) is 1. The Kier molecular flexibility index (Phi) is 6.98. The van der Waals surface area contributed by atoms with Crippen molar-refractivity contribution in [3.63, 3.8) is 0 Å². The van der Waals surface area contributed by atoms with Crippen LogP contribution in [0, 0.1) is 5.92 Å². The molecule has 0 aliphatic heterocycles. The average molecular weight is 214 g/mol. The molecule has 1 atom stereocenters. The van der Waals surface area contributed by atoms with Gasteiger partial charge in [0.05, 0.1) is 0 Å². The molecule has 0 radical (unpaired) electrons. The number of hydrogen-bond donors (Lipinski definition) is 2. The van der Waals surface area contributed by atoms with Crippen LogP contribution in [0.3, 0.4) is 0 Å². The molecule has 3 heteroatoms. The molecule has 0 spiro atoms. The van der Waals surface area contributed by atoms with Crippen molar-refractivity contribution >= 4 is 0 Å². The highest BCUT2D eigenvalue weighted by Gasteiger charge is 2.21. The molecule has 3 nitrogen and oxygen atoms in total. The highest BCUT2D eigenvalue weighted by molar-refractivity contribution is 4.76. The van der Waals surface area contributed by atoms with Crippen LogP contribution in [0.15, 0.2) is 0 Å². The van der Waals surface area contributed by atoms with Crippen molar-refractivity contribution in [1.29, 1.82) is 0 Å². The van der Waals surface area contributed by atoms with Crippen LogP contribution >= 0.6 is 0 Å². The third kappa shape index (κ3) is 4.96. The van der Waals surface area contributed by atoms with E-state index in [1.54, 1.807) is 0 Å². The lowest BCUT2D eigenvalue weighted by atomic mass is 9.90. The van der Waals surface area contributed by atoms with Gasteiger partial charge in [0.2, 0.25) is 0 Å². The molecule has 1 unspecified atom stereocenters. The fourth-order valence-corrected chi connectivity index (χ4v) is 2.52. The smallest absolute Gasteiger partial charge is 0.0481 e. The first-order chi connectivity index (χ1) is 7.38. The van der Waals surface area contributed by atoms with Crippen LogP contribution in [0.2, 0.25) is 0 Å². The van der Waals surface area contributed by atoms with E-state index < -0.39 is 0 Å². The van der Waals surface area contributed by atoms with Gasteiger partial charge in [-0.05, 0) is 32.1 Å². The SMILES string of the molecule is CCOCCC(NN)C1CCCCCC1. The predicted octanol–water partition coefficient (Wildman–Crippen LogP) is 2.22. The van der Waals surface area contributed by atoms with Crippen LogP contribution in [0.5, 0.6) is 0 Å². The molecule has 0 aromatic heterocycles. The molecular weight excluding hydrogens is 188 g/mol. The number of ether oxygens (including phenoxy) is 1. The molecular formula is C12H26N2O. The Morgan fingerprint density at radius 1 is 1.27 bits per heavy atom. The number of nitrogens with two attached hydrogens (primary N) is 1. The van der Waals surface area contributed by atoms with E-state index in [4.69, 9.17) is 10.6 Å². The first kappa shape index (κ1) is 12.9. The number of hydrogen-bond acceptors (Lipinski definition) is 3. The van der Waals surface area contributed by atoms with Gasteiger partial charge in [0.1, 0.15) is 0 Å². The van der Waals surface area contributed by atoms with Gasteiger partial charge in [0, 0.05) is 19.3 Å². The van der Waals surface area contributed by atoms with Crippen LogP contribution in [0.25, 0.3) is 0 Å². The minimum Gasteiger partial charge on any atom is -0.382 e. The van der Waals surface area contributed by atoms with Crippen LogP contribution in [0.1, 0.15) is 51.9 Å². The van der Waals surface area contributed by atoms with Crippen molar-refractivity contribution in [2.75, 3.05) is 13.2 Å². The van der Waals surface area contributed by atoms with E-state index in [0.29, 0.717) is 6.04 Å². The molecule has 3 N–H and O–H groups in total. The van der Waals surface area contributed by atoms with Gasteiger partial charge in [-0.2, -0.15) is 0 Å². The van der Waals surface area contributed by atoms with Crippen molar-refractivity contribution in [3.05, 3.63) is 0 Å². The Labute approximate surface area is 93.7 Å². The minimum atomic E-state index is 0.453. The predicted molar refractivity (Wildman–Crippen MR) is 63.4 cm³/mol. The number of hydrazine groups is 1. The van der Waals surface area contributed by atoms with Gasteiger partial charge in [0.25, 0.3) is 0 Å². The molecule has 1 fully saturated rings. The summed E-state index contributed by atoms with van der Waals surface area (Å²) in [5, 5.41) is 0. The summed E-state index contributed by atoms with van der Waals surface area (Å²) in [7, 11) is 0. The Morgan fingerprint density at radius 2 is 1.93 bits per heavy atom. The summed E-state index contributed by atoms with van der Waals surface area (Å²) in [6.07, 6.45) is 9.27. The minimum absolute atomic E-state index is 0.453. The molecule has 1 aliphatic carbocycles. The van der Waals surface area contributed by atoms with Gasteiger partial charge < -0.3 is 4.74 Å². The summed E-state index contributed by atoms with van der Waals surface area (Å²) in [4.78, 5) is 0. The van der Waals surface area contributed by atoms with Crippen molar-refractivity contribution in [3.8, 4) is 0 Å². The summed E-state index contributed by atoms with van der Waals surface area (Å²) >= 11 is 0. The Balaban J connectivity index is 2.27. The quantitative estimate of drug-likeness (QED) is 0.308. The third-order valence-corrected chi connectivity index (χ3v) is 3.46. The lowest BCUT2D eigenvalue weighted by molar-refractivity contribution is 0.126. The molecule has 0 heterocycles. The lowest BCUT2D eigenvalue weighted by Crippen LogP contribution is -2.41. The molecule has 0 amide bonds. The first-order valence-electron chi connectivity index (χ1n) is 6.42. The van der Waals surface area contributed by atoms with Gasteiger partial charge in [0.15, 0.2) is 0 Å². The van der Waals surface area contributed by atoms with Gasteiger partial charge >= 0.3 is 0 Å². The van der Waals surface area contributed by atoms with Crippen LogP contribution < -0.4 is 11.3 Å². The topological polar surface area (TPSA) is 47.3 Å². The zero-order valence-corrected chi connectivity index (χ0v) is 10.0. The van der Waals surface area contributed by atoms with Crippen molar-refractivity contribution in [2.45, 2.75) is 57.9 Å². The second kappa shape index (κ2) is 8.08. The fourth-order valence-electron chi connectivity index (χ4n) is 2.52. The zero-order chi connectivity index (χ0) is 10.9. The number of rotatable bonds is 6. The zero-order valence-electron chi connectivity index (χ0n) is 10.0. The maximum Gasteiger partial charge on any atom is 0.0481 e. The monoisotopic (exact) mass is 214 g/mol. The molecule has 0 bridgehead atoms. The largest absolute Gasteiger partial charge is 0.382 e. The van der Waals surface area contributed by atoms with Gasteiger partial charge in [-0.15, -0.1) is 0 Å². The fraction of sp³-hybridized carbons (Fsp3) is 1.00. The van der Waals surface area contributed by atoms with Gasteiger partial charge in [-0.3, -0.25) is 11.3 Å². The Hall–Kier alpha value is -0.120. The molecule has 0 aromatic carbocycles. The van der Waals surface area contributed by atoms with Gasteiger partial charge in [-0.1, -0.05) is 25.7 Å². The van der Waals surface area contributed by atoms with Gasteiger partial charge in [-0.25, -0.2) is 0 Å². The summed E-state index contributed by atoms with van der Waals surface area (Å²) in [6, 6.07) is 0.453. The molecule has 1 saturated carbocycles.